The molecule has 1 aromatic rings. The molecule has 1 unspecified atom stereocenters. The Kier molecular flexibility index (Phi) is 3.61. The molecule has 0 radical (unpaired) electrons. The van der Waals surface area contributed by atoms with Gasteiger partial charge in [0.25, 0.3) is 5.19 Å². The third kappa shape index (κ3) is 2.83. The monoisotopic (exact) mass is 232 g/mol. The van der Waals surface area contributed by atoms with Crippen LogP contribution in [-0.2, 0) is 0 Å². The fraction of sp³-hybridized carbons (Fsp3) is 0.667. The van der Waals surface area contributed by atoms with Gasteiger partial charge in [-0.05, 0) is 31.8 Å². The van der Waals surface area contributed by atoms with Crippen LogP contribution in [0.15, 0.2) is 5.38 Å². The molecule has 5 heteroatoms. The maximum absolute atomic E-state index is 5.68. The summed E-state index contributed by atoms with van der Waals surface area (Å²) in [5.41, 5.74) is 0. The Bertz CT molecular complexity index is 286. The molecule has 0 aliphatic carbocycles. The maximum Gasteiger partial charge on any atom is 0.274 e. The lowest BCUT2D eigenvalue weighted by Crippen LogP contribution is -2.11. The molecular formula is C9H13ClN2OS. The first kappa shape index (κ1) is 10.2. The molecule has 1 N–H and O–H groups in total. The van der Waals surface area contributed by atoms with Crippen LogP contribution in [0.25, 0.3) is 0 Å². The number of thiazole rings is 1. The summed E-state index contributed by atoms with van der Waals surface area (Å²) in [6.07, 6.45) is 2.37. The molecule has 0 spiro atoms. The van der Waals surface area contributed by atoms with Crippen molar-refractivity contribution in [2.75, 3.05) is 19.7 Å². The van der Waals surface area contributed by atoms with E-state index in [0.29, 0.717) is 10.3 Å². The lowest BCUT2D eigenvalue weighted by atomic mass is 10.1. The molecule has 1 aliphatic rings. The van der Waals surface area contributed by atoms with Crippen LogP contribution in [0.2, 0.25) is 5.15 Å². The zero-order chi connectivity index (χ0) is 9.80. The van der Waals surface area contributed by atoms with Gasteiger partial charge >= 0.3 is 0 Å². The van der Waals surface area contributed by atoms with Crippen LogP contribution in [0.4, 0.5) is 0 Å². The Morgan fingerprint density at radius 3 is 3.29 bits per heavy atom. The summed E-state index contributed by atoms with van der Waals surface area (Å²) in [6.45, 7) is 3.02. The minimum absolute atomic E-state index is 0.521. The topological polar surface area (TPSA) is 34.1 Å². The van der Waals surface area contributed by atoms with E-state index < -0.39 is 0 Å². The molecule has 0 aromatic carbocycles. The lowest BCUT2D eigenvalue weighted by Gasteiger charge is -2.07. The van der Waals surface area contributed by atoms with Crippen molar-refractivity contribution >= 4 is 22.9 Å². The molecule has 78 valence electrons. The van der Waals surface area contributed by atoms with Gasteiger partial charge in [-0.2, -0.15) is 4.98 Å². The Balaban J connectivity index is 1.67. The molecule has 1 aliphatic heterocycles. The fourth-order valence-corrected chi connectivity index (χ4v) is 2.39. The Morgan fingerprint density at radius 1 is 1.71 bits per heavy atom. The number of aromatic nitrogens is 1. The van der Waals surface area contributed by atoms with Gasteiger partial charge in [0, 0.05) is 5.38 Å². The average Bonchev–Trinajstić information content (AvgIpc) is 2.77. The van der Waals surface area contributed by atoms with Gasteiger partial charge in [0.15, 0.2) is 0 Å². The van der Waals surface area contributed by atoms with Crippen LogP contribution in [0.3, 0.4) is 0 Å². The van der Waals surface area contributed by atoms with Crippen molar-refractivity contribution in [2.45, 2.75) is 12.8 Å². The number of hydrogen-bond acceptors (Lipinski definition) is 4. The number of ether oxygens (including phenoxy) is 1. The summed E-state index contributed by atoms with van der Waals surface area (Å²) in [5.74, 6) is 0.769. The van der Waals surface area contributed by atoms with E-state index in [0.717, 1.165) is 32.0 Å². The van der Waals surface area contributed by atoms with Crippen molar-refractivity contribution in [2.24, 2.45) is 5.92 Å². The van der Waals surface area contributed by atoms with E-state index in [1.807, 2.05) is 0 Å². The standard InChI is InChI=1S/C9H13ClN2OS/c10-8-6-14-9(12-8)13-4-2-7-1-3-11-5-7/h6-7,11H,1-5H2. The zero-order valence-electron chi connectivity index (χ0n) is 7.83. The first-order chi connectivity index (χ1) is 6.84. The lowest BCUT2D eigenvalue weighted by molar-refractivity contribution is 0.282. The molecule has 1 saturated heterocycles. The molecular weight excluding hydrogens is 220 g/mol. The molecule has 1 fully saturated rings. The second-order valence-electron chi connectivity index (χ2n) is 3.43. The number of rotatable bonds is 4. The smallest absolute Gasteiger partial charge is 0.274 e. The summed E-state index contributed by atoms with van der Waals surface area (Å²) >= 11 is 7.13. The maximum atomic E-state index is 5.68. The van der Waals surface area contributed by atoms with E-state index in [9.17, 15) is 0 Å². The van der Waals surface area contributed by atoms with Crippen LogP contribution in [-0.4, -0.2) is 24.7 Å². The highest BCUT2D eigenvalue weighted by molar-refractivity contribution is 7.11. The average molecular weight is 233 g/mol. The number of hydrogen-bond donors (Lipinski definition) is 1. The van der Waals surface area contributed by atoms with Crippen molar-refractivity contribution in [3.05, 3.63) is 10.5 Å². The third-order valence-corrected chi connectivity index (χ3v) is 3.44. The van der Waals surface area contributed by atoms with Crippen molar-refractivity contribution in [1.82, 2.24) is 10.3 Å². The molecule has 0 bridgehead atoms. The van der Waals surface area contributed by atoms with Crippen molar-refractivity contribution in [1.29, 1.82) is 0 Å². The van der Waals surface area contributed by atoms with Gasteiger partial charge in [0.2, 0.25) is 0 Å². The highest BCUT2D eigenvalue weighted by atomic mass is 35.5. The molecule has 0 amide bonds. The molecule has 3 nitrogen and oxygen atoms in total. The summed E-state index contributed by atoms with van der Waals surface area (Å²) in [5, 5.41) is 6.32. The van der Waals surface area contributed by atoms with Crippen molar-refractivity contribution in [3.8, 4) is 5.19 Å². The Morgan fingerprint density at radius 2 is 2.64 bits per heavy atom. The van der Waals surface area contributed by atoms with Gasteiger partial charge in [-0.1, -0.05) is 22.9 Å². The summed E-state index contributed by atoms with van der Waals surface area (Å²) in [4.78, 5) is 4.02. The highest BCUT2D eigenvalue weighted by Crippen LogP contribution is 2.22. The van der Waals surface area contributed by atoms with E-state index in [4.69, 9.17) is 16.3 Å². The largest absolute Gasteiger partial charge is 0.470 e. The second-order valence-corrected chi connectivity index (χ2v) is 4.64. The van der Waals surface area contributed by atoms with Gasteiger partial charge in [-0.15, -0.1) is 0 Å². The summed E-state index contributed by atoms with van der Waals surface area (Å²) in [6, 6.07) is 0. The van der Waals surface area contributed by atoms with Crippen LogP contribution >= 0.6 is 22.9 Å². The fourth-order valence-electron chi connectivity index (χ4n) is 1.58. The number of halogens is 1. The summed E-state index contributed by atoms with van der Waals surface area (Å²) < 4.78 is 5.48. The Labute approximate surface area is 92.4 Å². The number of nitrogens with one attached hydrogen (secondary N) is 1. The second kappa shape index (κ2) is 4.96. The van der Waals surface area contributed by atoms with Crippen LogP contribution in [0.1, 0.15) is 12.8 Å². The summed E-state index contributed by atoms with van der Waals surface area (Å²) in [7, 11) is 0. The SMILES string of the molecule is Clc1csc(OCCC2CCNC2)n1. The first-order valence-electron chi connectivity index (χ1n) is 4.79. The minimum atomic E-state index is 0.521. The van der Waals surface area contributed by atoms with Gasteiger partial charge in [0.1, 0.15) is 5.15 Å². The van der Waals surface area contributed by atoms with E-state index in [-0.39, 0.29) is 0 Å². The zero-order valence-corrected chi connectivity index (χ0v) is 9.40. The molecule has 1 aromatic heterocycles. The highest BCUT2D eigenvalue weighted by Gasteiger charge is 2.14. The van der Waals surface area contributed by atoms with Crippen LogP contribution < -0.4 is 10.1 Å². The van der Waals surface area contributed by atoms with E-state index in [2.05, 4.69) is 10.3 Å². The van der Waals surface area contributed by atoms with E-state index in [1.54, 1.807) is 5.38 Å². The first-order valence-corrected chi connectivity index (χ1v) is 6.05. The molecule has 2 heterocycles. The van der Waals surface area contributed by atoms with Gasteiger partial charge in [-0.3, -0.25) is 0 Å². The van der Waals surface area contributed by atoms with Crippen LogP contribution in [0, 0.1) is 5.92 Å². The quantitative estimate of drug-likeness (QED) is 0.864. The van der Waals surface area contributed by atoms with Gasteiger partial charge in [-0.25, -0.2) is 0 Å². The molecule has 1 atom stereocenters. The molecule has 0 saturated carbocycles. The van der Waals surface area contributed by atoms with E-state index >= 15 is 0 Å². The van der Waals surface area contributed by atoms with Gasteiger partial charge in [0.05, 0.1) is 6.61 Å². The molecule has 2 rings (SSSR count). The van der Waals surface area contributed by atoms with Crippen LogP contribution in [0.5, 0.6) is 5.19 Å². The van der Waals surface area contributed by atoms with Crippen molar-refractivity contribution < 1.29 is 4.74 Å². The predicted molar refractivity (Wildman–Crippen MR) is 58.2 cm³/mol. The normalized spacial score (nSPS) is 21.4. The van der Waals surface area contributed by atoms with Gasteiger partial charge < -0.3 is 10.1 Å². The third-order valence-electron chi connectivity index (χ3n) is 2.37. The van der Waals surface area contributed by atoms with E-state index in [1.165, 1.54) is 17.8 Å². The number of nitrogens with zero attached hydrogens (tertiary/aromatic N) is 1. The molecule has 14 heavy (non-hydrogen) atoms. The minimum Gasteiger partial charge on any atom is -0.470 e. The van der Waals surface area contributed by atoms with Crippen molar-refractivity contribution in [3.63, 3.8) is 0 Å². The Hall–Kier alpha value is -0.320. The predicted octanol–water partition coefficient (Wildman–Crippen LogP) is 2.17.